The quantitative estimate of drug-likeness (QED) is 0.445. The van der Waals surface area contributed by atoms with E-state index in [1.54, 1.807) is 7.11 Å². The molecule has 0 atom stereocenters. The van der Waals surface area contributed by atoms with E-state index in [-0.39, 0.29) is 10.8 Å². The summed E-state index contributed by atoms with van der Waals surface area (Å²) in [6.45, 7) is 14.6. The van der Waals surface area contributed by atoms with Crippen molar-refractivity contribution in [2.45, 2.75) is 58.9 Å². The van der Waals surface area contributed by atoms with Crippen LogP contribution in [0.4, 0.5) is 5.69 Å². The van der Waals surface area contributed by atoms with Crippen molar-refractivity contribution in [3.8, 4) is 5.75 Å². The molecule has 0 unspecified atom stereocenters. The summed E-state index contributed by atoms with van der Waals surface area (Å²) in [5.74, 6) is 0.887. The Morgan fingerprint density at radius 2 is 1.38 bits per heavy atom. The number of methoxy groups -OCH3 is 1. The molecule has 1 heterocycles. The molecule has 0 amide bonds. The third kappa shape index (κ3) is 3.69. The molecule has 29 heavy (non-hydrogen) atoms. The standard InChI is InChI=1S/C27H32NO/c1-26(2,3)21-12-18-13-22(27(4,5)6)15-20-17-28(16-19(14-21)25(18)20)23-8-10-24(29-7)11-9-23/h8-16H,17H2,1-7H3/q+1. The number of nitrogens with zero attached hydrogens (tertiary/aromatic N) is 1. The molecule has 0 fully saturated rings. The Morgan fingerprint density at radius 1 is 0.793 bits per heavy atom. The van der Waals surface area contributed by atoms with Gasteiger partial charge < -0.3 is 4.74 Å². The second-order valence-electron chi connectivity index (χ2n) is 10.3. The third-order valence-electron chi connectivity index (χ3n) is 5.93. The van der Waals surface area contributed by atoms with Crippen LogP contribution in [0.2, 0.25) is 0 Å². The molecule has 0 saturated heterocycles. The molecule has 2 heteroatoms. The highest BCUT2D eigenvalue weighted by Crippen LogP contribution is 2.37. The molecule has 150 valence electrons. The van der Waals surface area contributed by atoms with Gasteiger partial charge in [-0.2, -0.15) is 4.58 Å². The number of ether oxygens (including phenoxy) is 1. The van der Waals surface area contributed by atoms with Gasteiger partial charge in [0.15, 0.2) is 12.8 Å². The molecular formula is C27H32NO+. The fraction of sp³-hybridized carbons (Fsp3) is 0.370. The van der Waals surface area contributed by atoms with Gasteiger partial charge in [-0.25, -0.2) is 0 Å². The maximum Gasteiger partial charge on any atom is 0.205 e. The first kappa shape index (κ1) is 19.7. The first-order valence-corrected chi connectivity index (χ1v) is 10.4. The van der Waals surface area contributed by atoms with E-state index in [1.807, 2.05) is 12.1 Å². The molecule has 0 aliphatic carbocycles. The Balaban J connectivity index is 1.95. The highest BCUT2D eigenvalue weighted by Gasteiger charge is 2.26. The average Bonchev–Trinajstić information content (AvgIpc) is 2.66. The van der Waals surface area contributed by atoms with Gasteiger partial charge in [-0.1, -0.05) is 53.7 Å². The first-order valence-electron chi connectivity index (χ1n) is 10.4. The highest BCUT2D eigenvalue weighted by atomic mass is 16.5. The molecule has 1 aliphatic rings. The van der Waals surface area contributed by atoms with E-state index in [0.717, 1.165) is 12.3 Å². The maximum absolute atomic E-state index is 5.34. The number of hydrogen-bond acceptors (Lipinski definition) is 1. The van der Waals surface area contributed by atoms with Gasteiger partial charge in [-0.15, -0.1) is 0 Å². The molecular weight excluding hydrogens is 354 g/mol. The van der Waals surface area contributed by atoms with Crippen molar-refractivity contribution in [2.24, 2.45) is 0 Å². The van der Waals surface area contributed by atoms with Crippen LogP contribution in [0.3, 0.4) is 0 Å². The van der Waals surface area contributed by atoms with Crippen molar-refractivity contribution >= 4 is 22.7 Å². The molecule has 0 bridgehead atoms. The van der Waals surface area contributed by atoms with Crippen molar-refractivity contribution in [3.05, 3.63) is 70.8 Å². The van der Waals surface area contributed by atoms with Crippen LogP contribution in [0.15, 0.2) is 48.5 Å². The smallest absolute Gasteiger partial charge is 0.205 e. The zero-order valence-electron chi connectivity index (χ0n) is 18.8. The monoisotopic (exact) mass is 386 g/mol. The van der Waals surface area contributed by atoms with E-state index in [4.69, 9.17) is 4.74 Å². The van der Waals surface area contributed by atoms with Crippen molar-refractivity contribution < 1.29 is 9.31 Å². The van der Waals surface area contributed by atoms with Crippen LogP contribution in [0, 0.1) is 0 Å². The minimum absolute atomic E-state index is 0.110. The SMILES string of the molecule is COc1ccc([N+]2=Cc3cc(C(C)(C)C)cc4cc(C(C)(C)C)cc(c34)C2)cc1. The second kappa shape index (κ2) is 6.73. The van der Waals surface area contributed by atoms with E-state index in [9.17, 15) is 0 Å². The molecule has 3 aromatic carbocycles. The average molecular weight is 387 g/mol. The van der Waals surface area contributed by atoms with E-state index in [1.165, 1.54) is 38.7 Å². The summed E-state index contributed by atoms with van der Waals surface area (Å²) in [5.41, 5.74) is 6.91. The van der Waals surface area contributed by atoms with Crippen LogP contribution in [0.25, 0.3) is 10.8 Å². The maximum atomic E-state index is 5.34. The number of rotatable bonds is 2. The van der Waals surface area contributed by atoms with Gasteiger partial charge in [-0.05, 0) is 51.6 Å². The van der Waals surface area contributed by atoms with Crippen LogP contribution in [-0.4, -0.2) is 17.9 Å². The predicted octanol–water partition coefficient (Wildman–Crippen LogP) is 6.72. The minimum Gasteiger partial charge on any atom is -0.497 e. The Morgan fingerprint density at radius 3 is 1.93 bits per heavy atom. The Hall–Kier alpha value is -2.61. The molecule has 0 radical (unpaired) electrons. The summed E-state index contributed by atoms with van der Waals surface area (Å²) in [7, 11) is 1.71. The molecule has 0 N–H and O–H groups in total. The molecule has 4 rings (SSSR count). The van der Waals surface area contributed by atoms with Crippen LogP contribution in [0.5, 0.6) is 5.75 Å². The molecule has 0 saturated carbocycles. The lowest BCUT2D eigenvalue weighted by molar-refractivity contribution is -0.453. The van der Waals surface area contributed by atoms with Gasteiger partial charge in [0.1, 0.15) is 5.75 Å². The summed E-state index contributed by atoms with van der Waals surface area (Å²) < 4.78 is 7.69. The van der Waals surface area contributed by atoms with Crippen molar-refractivity contribution in [2.75, 3.05) is 7.11 Å². The Labute approximate surface area is 174 Å². The van der Waals surface area contributed by atoms with Crippen molar-refractivity contribution in [1.29, 1.82) is 0 Å². The van der Waals surface area contributed by atoms with Crippen LogP contribution in [-0.2, 0) is 17.4 Å². The number of hydrogen-bond donors (Lipinski definition) is 0. The molecule has 1 aliphatic heterocycles. The number of benzene rings is 3. The summed E-state index contributed by atoms with van der Waals surface area (Å²) in [4.78, 5) is 0. The lowest BCUT2D eigenvalue weighted by atomic mass is 9.80. The lowest BCUT2D eigenvalue weighted by Crippen LogP contribution is -2.19. The summed E-state index contributed by atoms with van der Waals surface area (Å²) >= 11 is 0. The van der Waals surface area contributed by atoms with E-state index in [0.29, 0.717) is 0 Å². The van der Waals surface area contributed by atoms with Crippen molar-refractivity contribution in [3.63, 3.8) is 0 Å². The fourth-order valence-corrected chi connectivity index (χ4v) is 4.07. The zero-order chi connectivity index (χ0) is 21.0. The van der Waals surface area contributed by atoms with Crippen molar-refractivity contribution in [1.82, 2.24) is 0 Å². The molecule has 0 aromatic heterocycles. The van der Waals surface area contributed by atoms with Gasteiger partial charge in [0, 0.05) is 28.6 Å². The van der Waals surface area contributed by atoms with Gasteiger partial charge in [0.05, 0.1) is 7.11 Å². The minimum atomic E-state index is 0.110. The van der Waals surface area contributed by atoms with Gasteiger partial charge in [0.25, 0.3) is 0 Å². The largest absolute Gasteiger partial charge is 0.497 e. The molecule has 3 aromatic rings. The van der Waals surface area contributed by atoms with Gasteiger partial charge >= 0.3 is 0 Å². The summed E-state index contributed by atoms with van der Waals surface area (Å²) in [5, 5.41) is 2.76. The lowest BCUT2D eigenvalue weighted by Gasteiger charge is -2.25. The summed E-state index contributed by atoms with van der Waals surface area (Å²) in [6.07, 6.45) is 2.31. The molecule has 2 nitrogen and oxygen atoms in total. The second-order valence-corrected chi connectivity index (χ2v) is 10.3. The van der Waals surface area contributed by atoms with Crippen LogP contribution in [0.1, 0.15) is 63.8 Å². The Kier molecular flexibility index (Phi) is 4.57. The van der Waals surface area contributed by atoms with Crippen LogP contribution < -0.4 is 4.74 Å². The van der Waals surface area contributed by atoms with Crippen LogP contribution >= 0.6 is 0 Å². The van der Waals surface area contributed by atoms with E-state index >= 15 is 0 Å². The fourth-order valence-electron chi connectivity index (χ4n) is 4.07. The van der Waals surface area contributed by atoms with Gasteiger partial charge in [0.2, 0.25) is 5.69 Å². The third-order valence-corrected chi connectivity index (χ3v) is 5.93. The normalized spacial score (nSPS) is 14.1. The highest BCUT2D eigenvalue weighted by molar-refractivity contribution is 6.02. The van der Waals surface area contributed by atoms with E-state index in [2.05, 4.69) is 88.7 Å². The van der Waals surface area contributed by atoms with Gasteiger partial charge in [-0.3, -0.25) is 0 Å². The predicted molar refractivity (Wildman–Crippen MR) is 123 cm³/mol. The van der Waals surface area contributed by atoms with E-state index < -0.39 is 0 Å². The topological polar surface area (TPSA) is 12.2 Å². The Bertz CT molecular complexity index is 1100. The summed E-state index contributed by atoms with van der Waals surface area (Å²) in [6, 6.07) is 17.9. The first-order chi connectivity index (χ1) is 13.6. The molecule has 0 spiro atoms. The zero-order valence-corrected chi connectivity index (χ0v) is 18.8.